The standard InChI is InChI=1S/C17H23ClN3O7PS/c18-17-19-12(8-3-1-2-4-8)11-10(30)5-21(15(11)20-17)16-14(23)13(22)9(28-16)6-27-7-29(24,25)26/h5,8-9,13-14,16,22-23,30H,1-4,6-7H2,(H2,24,25,26)/t9-,13-,14-,16-/m1/s1. The molecule has 0 amide bonds. The van der Waals surface area contributed by atoms with E-state index in [1.165, 1.54) is 0 Å². The van der Waals surface area contributed by atoms with Crippen molar-refractivity contribution in [3.05, 3.63) is 17.2 Å². The first-order valence-electron chi connectivity index (χ1n) is 9.56. The summed E-state index contributed by atoms with van der Waals surface area (Å²) in [5.74, 6) is 0.253. The molecule has 0 aromatic carbocycles. The van der Waals surface area contributed by atoms with Gasteiger partial charge < -0.3 is 34.0 Å². The molecule has 1 aliphatic carbocycles. The number of aliphatic hydroxyl groups is 2. The van der Waals surface area contributed by atoms with E-state index in [-0.39, 0.29) is 17.8 Å². The molecule has 1 aliphatic heterocycles. The van der Waals surface area contributed by atoms with E-state index in [4.69, 9.17) is 30.9 Å². The lowest BCUT2D eigenvalue weighted by Gasteiger charge is -2.18. The van der Waals surface area contributed by atoms with Crippen molar-refractivity contribution in [3.63, 3.8) is 0 Å². The van der Waals surface area contributed by atoms with Gasteiger partial charge in [-0.25, -0.2) is 4.98 Å². The average Bonchev–Trinajstić information content (AvgIpc) is 3.36. The van der Waals surface area contributed by atoms with Gasteiger partial charge in [0.2, 0.25) is 5.28 Å². The Morgan fingerprint density at radius 2 is 1.97 bits per heavy atom. The lowest BCUT2D eigenvalue weighted by molar-refractivity contribution is -0.0612. The van der Waals surface area contributed by atoms with Crippen molar-refractivity contribution in [1.29, 1.82) is 0 Å². The van der Waals surface area contributed by atoms with Crippen LogP contribution in [0.15, 0.2) is 11.1 Å². The SMILES string of the molecule is O=P(O)(O)COC[C@H]1O[C@@H](n2cc(S)c3c(C4CCCC4)nc(Cl)nc32)[C@H](O)[C@@H]1O. The Balaban J connectivity index is 1.63. The molecule has 30 heavy (non-hydrogen) atoms. The minimum atomic E-state index is -4.35. The monoisotopic (exact) mass is 479 g/mol. The van der Waals surface area contributed by atoms with Gasteiger partial charge in [0.1, 0.15) is 30.3 Å². The maximum atomic E-state index is 10.9. The van der Waals surface area contributed by atoms with Crippen LogP contribution in [0, 0.1) is 0 Å². The van der Waals surface area contributed by atoms with E-state index in [0.717, 1.165) is 36.8 Å². The van der Waals surface area contributed by atoms with E-state index in [1.54, 1.807) is 10.8 Å². The summed E-state index contributed by atoms with van der Waals surface area (Å²) in [6.07, 6.45) is 0.450. The van der Waals surface area contributed by atoms with Gasteiger partial charge in [0.25, 0.3) is 0 Å². The normalized spacial score (nSPS) is 28.1. The third-order valence-corrected chi connectivity index (χ3v) is 6.57. The Morgan fingerprint density at radius 3 is 2.63 bits per heavy atom. The van der Waals surface area contributed by atoms with Gasteiger partial charge >= 0.3 is 7.60 Å². The van der Waals surface area contributed by atoms with Crippen molar-refractivity contribution in [2.75, 3.05) is 13.0 Å². The topological polar surface area (TPSA) is 147 Å². The number of rotatable bonds is 6. The zero-order valence-corrected chi connectivity index (χ0v) is 18.4. The molecule has 2 fully saturated rings. The van der Waals surface area contributed by atoms with Crippen LogP contribution in [0.25, 0.3) is 11.0 Å². The quantitative estimate of drug-likeness (QED) is 0.237. The molecule has 13 heteroatoms. The summed E-state index contributed by atoms with van der Waals surface area (Å²) in [5.41, 5.74) is 1.26. The fraction of sp³-hybridized carbons (Fsp3) is 0.647. The molecule has 166 valence electrons. The summed E-state index contributed by atoms with van der Waals surface area (Å²) in [4.78, 5) is 27.2. The van der Waals surface area contributed by atoms with Gasteiger partial charge in [0.05, 0.1) is 17.7 Å². The molecule has 3 heterocycles. The highest BCUT2D eigenvalue weighted by molar-refractivity contribution is 7.80. The molecule has 4 N–H and O–H groups in total. The van der Waals surface area contributed by atoms with Gasteiger partial charge in [-0.15, -0.1) is 12.6 Å². The largest absolute Gasteiger partial charge is 0.387 e. The van der Waals surface area contributed by atoms with Gasteiger partial charge in [0.15, 0.2) is 6.23 Å². The van der Waals surface area contributed by atoms with Crippen molar-refractivity contribution >= 4 is 42.9 Å². The van der Waals surface area contributed by atoms with E-state index in [2.05, 4.69) is 22.6 Å². The molecule has 1 saturated carbocycles. The minimum absolute atomic E-state index is 0.0756. The number of hydrogen-bond acceptors (Lipinski definition) is 8. The lowest BCUT2D eigenvalue weighted by atomic mass is 10.0. The molecule has 2 aliphatic rings. The summed E-state index contributed by atoms with van der Waals surface area (Å²) in [7, 11) is -4.35. The third kappa shape index (κ3) is 4.41. The van der Waals surface area contributed by atoms with Gasteiger partial charge in [-0.05, 0) is 24.4 Å². The zero-order chi connectivity index (χ0) is 21.6. The second-order valence-corrected chi connectivity index (χ2v) is 10.1. The maximum Gasteiger partial charge on any atom is 0.350 e. The van der Waals surface area contributed by atoms with Gasteiger partial charge in [0, 0.05) is 17.0 Å². The van der Waals surface area contributed by atoms with Crippen molar-refractivity contribution in [3.8, 4) is 0 Å². The third-order valence-electron chi connectivity index (χ3n) is 5.55. The maximum absolute atomic E-state index is 10.9. The molecule has 2 aromatic rings. The summed E-state index contributed by atoms with van der Waals surface area (Å²) in [6.45, 7) is -0.296. The highest BCUT2D eigenvalue weighted by atomic mass is 35.5. The van der Waals surface area contributed by atoms with Crippen molar-refractivity contribution in [1.82, 2.24) is 14.5 Å². The van der Waals surface area contributed by atoms with Gasteiger partial charge in [-0.3, -0.25) is 4.57 Å². The number of thiol groups is 1. The first-order chi connectivity index (χ1) is 14.2. The number of nitrogens with zero attached hydrogens (tertiary/aromatic N) is 3. The Morgan fingerprint density at radius 1 is 1.27 bits per heavy atom. The summed E-state index contributed by atoms with van der Waals surface area (Å²) in [5, 5.41) is 21.7. The number of halogens is 1. The van der Waals surface area contributed by atoms with E-state index in [1.807, 2.05) is 0 Å². The van der Waals surface area contributed by atoms with Crippen molar-refractivity contribution < 1.29 is 34.0 Å². The highest BCUT2D eigenvalue weighted by Crippen LogP contribution is 2.41. The van der Waals surface area contributed by atoms with E-state index >= 15 is 0 Å². The van der Waals surface area contributed by atoms with Crippen molar-refractivity contribution in [2.45, 2.75) is 61.0 Å². The first kappa shape index (κ1) is 22.4. The molecule has 4 atom stereocenters. The number of fused-ring (bicyclic) bond motifs is 1. The molecule has 2 aromatic heterocycles. The molecule has 0 radical (unpaired) electrons. The Kier molecular flexibility index (Phi) is 6.47. The second kappa shape index (κ2) is 8.65. The van der Waals surface area contributed by atoms with Crippen LogP contribution in [0.2, 0.25) is 5.28 Å². The fourth-order valence-electron chi connectivity index (χ4n) is 4.20. The van der Waals surface area contributed by atoms with E-state index in [0.29, 0.717) is 10.5 Å². The predicted molar refractivity (Wildman–Crippen MR) is 110 cm³/mol. The Hall–Kier alpha value is -0.750. The van der Waals surface area contributed by atoms with Gasteiger partial charge in [-0.2, -0.15) is 4.98 Å². The Bertz CT molecular complexity index is 980. The zero-order valence-electron chi connectivity index (χ0n) is 15.8. The average molecular weight is 480 g/mol. The van der Waals surface area contributed by atoms with Crippen LogP contribution in [0.3, 0.4) is 0 Å². The van der Waals surface area contributed by atoms with Crippen LogP contribution in [0.1, 0.15) is 43.5 Å². The molecular weight excluding hydrogens is 457 g/mol. The second-order valence-electron chi connectivity index (χ2n) is 7.69. The van der Waals surface area contributed by atoms with Crippen LogP contribution in [0.4, 0.5) is 0 Å². The van der Waals surface area contributed by atoms with Gasteiger partial charge in [-0.1, -0.05) is 12.8 Å². The van der Waals surface area contributed by atoms with Crippen LogP contribution in [-0.2, 0) is 14.0 Å². The molecule has 0 unspecified atom stereocenters. The molecule has 10 nitrogen and oxygen atoms in total. The number of aliphatic hydroxyl groups excluding tert-OH is 2. The molecule has 4 rings (SSSR count). The number of aromatic nitrogens is 3. The van der Waals surface area contributed by atoms with E-state index < -0.39 is 38.5 Å². The Labute approximate surface area is 182 Å². The molecule has 0 bridgehead atoms. The summed E-state index contributed by atoms with van der Waals surface area (Å²) in [6, 6.07) is 0. The first-order valence-corrected chi connectivity index (χ1v) is 12.2. The lowest BCUT2D eigenvalue weighted by Crippen LogP contribution is -2.33. The summed E-state index contributed by atoms with van der Waals surface area (Å²) < 4.78 is 23.2. The molecular formula is C17H23ClN3O7PS. The minimum Gasteiger partial charge on any atom is -0.387 e. The summed E-state index contributed by atoms with van der Waals surface area (Å²) >= 11 is 10.8. The predicted octanol–water partition coefficient (Wildman–Crippen LogP) is 1.80. The van der Waals surface area contributed by atoms with Crippen LogP contribution < -0.4 is 0 Å². The van der Waals surface area contributed by atoms with E-state index in [9.17, 15) is 14.8 Å². The number of hydrogen-bond donors (Lipinski definition) is 5. The van der Waals surface area contributed by atoms with Crippen molar-refractivity contribution in [2.24, 2.45) is 0 Å². The molecule has 1 saturated heterocycles. The number of ether oxygens (including phenoxy) is 2. The fourth-order valence-corrected chi connectivity index (χ4v) is 5.05. The van der Waals surface area contributed by atoms with Crippen LogP contribution in [-0.4, -0.2) is 65.8 Å². The molecule has 0 spiro atoms. The highest BCUT2D eigenvalue weighted by Gasteiger charge is 2.44. The van der Waals surface area contributed by atoms with Crippen LogP contribution in [0.5, 0.6) is 0 Å². The smallest absolute Gasteiger partial charge is 0.350 e. The van der Waals surface area contributed by atoms with Crippen LogP contribution >= 0.6 is 31.8 Å².